The maximum Gasteiger partial charge on any atom is 0.338 e. The van der Waals surface area contributed by atoms with Crippen molar-refractivity contribution in [3.8, 4) is 5.75 Å². The van der Waals surface area contributed by atoms with Gasteiger partial charge in [0.1, 0.15) is 12.4 Å². The number of esters is 1. The molecule has 0 saturated heterocycles. The summed E-state index contributed by atoms with van der Waals surface area (Å²) < 4.78 is 59.3. The Balaban J connectivity index is 2.12. The lowest BCUT2D eigenvalue weighted by Crippen LogP contribution is -2.15. The summed E-state index contributed by atoms with van der Waals surface area (Å²) in [7, 11) is -2.85. The van der Waals surface area contributed by atoms with Crippen LogP contribution in [0.25, 0.3) is 0 Å². The molecule has 1 unspecified atom stereocenters. The number of hydrogen-bond acceptors (Lipinski definition) is 6. The topological polar surface area (TPSA) is 99.1 Å². The van der Waals surface area contributed by atoms with Gasteiger partial charge in [0.2, 0.25) is 6.29 Å². The molecule has 0 saturated carbocycles. The highest BCUT2D eigenvalue weighted by molar-refractivity contribution is 7.85. The van der Waals surface area contributed by atoms with Gasteiger partial charge in [-0.2, -0.15) is 8.42 Å². The van der Waals surface area contributed by atoms with E-state index in [-0.39, 0.29) is 11.3 Å². The third-order valence-corrected chi connectivity index (χ3v) is 3.94. The van der Waals surface area contributed by atoms with Crippen LogP contribution in [0, 0.1) is 5.82 Å². The van der Waals surface area contributed by atoms with Gasteiger partial charge in [0.15, 0.2) is 11.6 Å². The molecule has 2 aromatic carbocycles. The molecule has 0 heterocycles. The first-order valence-corrected chi connectivity index (χ1v) is 9.07. The molecule has 0 aliphatic rings. The van der Waals surface area contributed by atoms with Crippen LogP contribution >= 0.6 is 0 Å². The van der Waals surface area contributed by atoms with Crippen molar-refractivity contribution in [3.05, 3.63) is 65.5 Å². The van der Waals surface area contributed by atoms with Crippen LogP contribution in [-0.4, -0.2) is 38.4 Å². The highest BCUT2D eigenvalue weighted by Crippen LogP contribution is 2.26. The molecule has 0 spiro atoms. The van der Waals surface area contributed by atoms with Crippen LogP contribution in [0.3, 0.4) is 0 Å². The van der Waals surface area contributed by atoms with E-state index in [2.05, 4.69) is 0 Å². The summed E-state index contributed by atoms with van der Waals surface area (Å²) in [6.07, 6.45) is -0.892. The first-order valence-electron chi connectivity index (χ1n) is 7.46. The summed E-state index contributed by atoms with van der Waals surface area (Å²) in [6, 6.07) is 12.1. The van der Waals surface area contributed by atoms with Gasteiger partial charge in [-0.25, -0.2) is 9.18 Å². The predicted molar refractivity (Wildman–Crippen MR) is 89.9 cm³/mol. The summed E-state index contributed by atoms with van der Waals surface area (Å²) in [6.45, 7) is -0.532. The van der Waals surface area contributed by atoms with Gasteiger partial charge in [-0.3, -0.25) is 4.55 Å². The molecule has 0 aliphatic carbocycles. The number of hydrogen-bond donors (Lipinski definition) is 1. The predicted octanol–water partition coefficient (Wildman–Crippen LogP) is 2.59. The van der Waals surface area contributed by atoms with Crippen LogP contribution in [0.15, 0.2) is 48.5 Å². The van der Waals surface area contributed by atoms with Crippen molar-refractivity contribution in [2.75, 3.05) is 19.5 Å². The molecule has 7 nitrogen and oxygen atoms in total. The molecule has 2 rings (SSSR count). The lowest BCUT2D eigenvalue weighted by molar-refractivity contribution is -0.0583. The number of ether oxygens (including phenoxy) is 3. The van der Waals surface area contributed by atoms with E-state index in [0.717, 1.165) is 12.1 Å². The molecule has 26 heavy (non-hydrogen) atoms. The van der Waals surface area contributed by atoms with Gasteiger partial charge in [0.25, 0.3) is 10.1 Å². The van der Waals surface area contributed by atoms with Crippen LogP contribution in [0.4, 0.5) is 4.39 Å². The molecule has 0 bridgehead atoms. The number of carbonyl (C=O) groups excluding carboxylic acids is 1. The normalized spacial score (nSPS) is 12.4. The maximum atomic E-state index is 14.0. The molecule has 0 fully saturated rings. The Hall–Kier alpha value is -2.49. The Labute approximate surface area is 150 Å². The summed E-state index contributed by atoms with van der Waals surface area (Å²) in [5.41, 5.74) is 0.607. The fourth-order valence-corrected chi connectivity index (χ4v) is 2.32. The third kappa shape index (κ3) is 5.80. The zero-order valence-corrected chi connectivity index (χ0v) is 14.6. The summed E-state index contributed by atoms with van der Waals surface area (Å²) >= 11 is 0. The van der Waals surface area contributed by atoms with Crippen molar-refractivity contribution in [1.29, 1.82) is 0 Å². The van der Waals surface area contributed by atoms with Crippen LogP contribution < -0.4 is 4.74 Å². The zero-order valence-electron chi connectivity index (χ0n) is 13.8. The molecule has 9 heteroatoms. The van der Waals surface area contributed by atoms with Gasteiger partial charge in [0.05, 0.1) is 5.56 Å². The summed E-state index contributed by atoms with van der Waals surface area (Å²) in [5.74, 6) is -2.56. The molecule has 140 valence electrons. The first kappa shape index (κ1) is 19.8. The number of halogens is 1. The van der Waals surface area contributed by atoms with E-state index >= 15 is 0 Å². The van der Waals surface area contributed by atoms with Gasteiger partial charge < -0.3 is 14.2 Å². The van der Waals surface area contributed by atoms with Crippen molar-refractivity contribution >= 4 is 16.1 Å². The maximum absolute atomic E-state index is 14.0. The number of benzene rings is 2. The highest BCUT2D eigenvalue weighted by atomic mass is 32.2. The van der Waals surface area contributed by atoms with Gasteiger partial charge in [0, 0.05) is 12.7 Å². The van der Waals surface area contributed by atoms with E-state index in [1.807, 2.05) is 0 Å². The van der Waals surface area contributed by atoms with Crippen molar-refractivity contribution in [2.24, 2.45) is 0 Å². The summed E-state index contributed by atoms with van der Waals surface area (Å²) in [4.78, 5) is 11.9. The van der Waals surface area contributed by atoms with Gasteiger partial charge in [-0.15, -0.1) is 0 Å². The highest BCUT2D eigenvalue weighted by Gasteiger charge is 2.18. The second kappa shape index (κ2) is 8.75. The van der Waals surface area contributed by atoms with Crippen molar-refractivity contribution in [2.45, 2.75) is 6.29 Å². The van der Waals surface area contributed by atoms with Crippen molar-refractivity contribution in [1.82, 2.24) is 0 Å². The Morgan fingerprint density at radius 2 is 1.88 bits per heavy atom. The molecule has 0 amide bonds. The molecular weight excluding hydrogens is 367 g/mol. The zero-order chi connectivity index (χ0) is 19.2. The van der Waals surface area contributed by atoms with Gasteiger partial charge in [-0.05, 0) is 18.2 Å². The van der Waals surface area contributed by atoms with Crippen LogP contribution in [0.1, 0.15) is 22.2 Å². The average molecular weight is 384 g/mol. The first-order chi connectivity index (χ1) is 12.3. The molecule has 0 aromatic heterocycles. The minimum Gasteiger partial charge on any atom is -0.461 e. The largest absolute Gasteiger partial charge is 0.461 e. The van der Waals surface area contributed by atoms with Crippen molar-refractivity contribution in [3.63, 3.8) is 0 Å². The van der Waals surface area contributed by atoms with E-state index < -0.39 is 40.6 Å². The minimum absolute atomic E-state index is 0.0420. The number of carbonyl (C=O) groups is 1. The second-order valence-electron chi connectivity index (χ2n) is 5.16. The van der Waals surface area contributed by atoms with Crippen LogP contribution in [0.2, 0.25) is 0 Å². The fraction of sp³-hybridized carbons (Fsp3) is 0.235. The fourth-order valence-electron chi connectivity index (χ4n) is 2.02. The Morgan fingerprint density at radius 3 is 2.50 bits per heavy atom. The van der Waals surface area contributed by atoms with E-state index in [0.29, 0.717) is 5.56 Å². The van der Waals surface area contributed by atoms with Gasteiger partial charge >= 0.3 is 5.97 Å². The van der Waals surface area contributed by atoms with E-state index in [4.69, 9.17) is 18.8 Å². The lowest BCUT2D eigenvalue weighted by Gasteiger charge is -2.18. The van der Waals surface area contributed by atoms with E-state index in [1.54, 1.807) is 30.3 Å². The van der Waals surface area contributed by atoms with E-state index in [1.165, 1.54) is 13.2 Å². The molecule has 1 atom stereocenters. The quantitative estimate of drug-likeness (QED) is 0.424. The SMILES string of the molecule is COC(Oc1cc(C(=O)OCCS(=O)(=O)O)ccc1F)c1ccccc1. The minimum atomic E-state index is -4.25. The monoisotopic (exact) mass is 384 g/mol. The smallest absolute Gasteiger partial charge is 0.338 e. The Kier molecular flexibility index (Phi) is 6.67. The molecule has 1 N–H and O–H groups in total. The third-order valence-electron chi connectivity index (χ3n) is 3.26. The van der Waals surface area contributed by atoms with Crippen LogP contribution in [-0.2, 0) is 19.6 Å². The molecule has 2 aromatic rings. The lowest BCUT2D eigenvalue weighted by atomic mass is 10.2. The average Bonchev–Trinajstić information content (AvgIpc) is 2.60. The van der Waals surface area contributed by atoms with Crippen molar-refractivity contribution < 1.29 is 36.4 Å². The number of rotatable bonds is 8. The molecular formula is C17H17FO7S. The molecule has 0 aliphatic heterocycles. The summed E-state index contributed by atoms with van der Waals surface area (Å²) in [5, 5.41) is 0. The Morgan fingerprint density at radius 1 is 1.19 bits per heavy atom. The van der Waals surface area contributed by atoms with Gasteiger partial charge in [-0.1, -0.05) is 30.3 Å². The second-order valence-corrected chi connectivity index (χ2v) is 6.74. The molecule has 0 radical (unpaired) electrons. The van der Waals surface area contributed by atoms with E-state index in [9.17, 15) is 17.6 Å². The van der Waals surface area contributed by atoms with Crippen LogP contribution in [0.5, 0.6) is 5.75 Å². The standard InChI is InChI=1S/C17H17FO7S/c1-23-17(12-5-3-2-4-6-12)25-15-11-13(7-8-14(15)18)16(19)24-9-10-26(20,21)22/h2-8,11,17H,9-10H2,1H3,(H,20,21,22). The number of methoxy groups -OCH3 is 1. The Bertz CT molecular complexity index is 853.